The molecule has 3 rings (SSSR count). The zero-order valence-corrected chi connectivity index (χ0v) is 8.25. The Morgan fingerprint density at radius 3 is 2.44 bits per heavy atom. The second-order valence-electron chi connectivity index (χ2n) is 3.88. The smallest absolute Gasteiger partial charge is 0.318 e. The van der Waals surface area contributed by atoms with Crippen LogP contribution in [-0.2, 0) is 0 Å². The van der Waals surface area contributed by atoms with Crippen LogP contribution in [0, 0.1) is 0 Å². The average molecular weight is 219 g/mol. The minimum Gasteiger partial charge on any atom is -0.506 e. The van der Waals surface area contributed by atoms with Crippen LogP contribution in [-0.4, -0.2) is 30.3 Å². The lowest BCUT2D eigenvalue weighted by Crippen LogP contribution is -1.93. The largest absolute Gasteiger partial charge is 0.506 e. The highest BCUT2D eigenvalue weighted by Crippen LogP contribution is 2.41. The Kier molecular flexibility index (Phi) is 1.68. The molecule has 0 amide bonds. The Morgan fingerprint density at radius 2 is 1.75 bits per heavy atom. The van der Waals surface area contributed by atoms with E-state index in [4.69, 9.17) is 5.11 Å². The molecule has 0 radical (unpaired) electrons. The minimum atomic E-state index is -0.582. The van der Waals surface area contributed by atoms with Crippen LogP contribution >= 0.6 is 0 Å². The molecule has 2 aromatic rings. The maximum Gasteiger partial charge on any atom is 0.318 e. The number of pyridine rings is 1. The molecule has 6 heteroatoms. The summed E-state index contributed by atoms with van der Waals surface area (Å²) in [5, 5.41) is 28.3. The zero-order chi connectivity index (χ0) is 11.3. The predicted octanol–water partition coefficient (Wildman–Crippen LogP) is 1.02. The first-order valence-electron chi connectivity index (χ1n) is 4.94. The highest BCUT2D eigenvalue weighted by molar-refractivity contribution is 5.84. The lowest BCUT2D eigenvalue weighted by molar-refractivity contribution is 0.400. The molecule has 0 aliphatic heterocycles. The van der Waals surface area contributed by atoms with Crippen LogP contribution in [0.1, 0.15) is 24.5 Å². The quantitative estimate of drug-likeness (QED) is 0.662. The summed E-state index contributed by atoms with van der Waals surface area (Å²) < 4.78 is 0. The number of fused-ring (bicyclic) bond motifs is 1. The number of hydrogen-bond donors (Lipinski definition) is 3. The first kappa shape index (κ1) is 9.14. The van der Waals surface area contributed by atoms with Gasteiger partial charge in [0, 0.05) is 17.7 Å². The molecular formula is C10H9N3O3. The van der Waals surface area contributed by atoms with Crippen molar-refractivity contribution >= 4 is 11.0 Å². The first-order chi connectivity index (χ1) is 7.65. The molecule has 0 spiro atoms. The topological polar surface area (TPSA) is 99.4 Å². The lowest BCUT2D eigenvalue weighted by Gasteiger charge is -2.04. The van der Waals surface area contributed by atoms with Crippen molar-refractivity contribution < 1.29 is 15.3 Å². The van der Waals surface area contributed by atoms with Gasteiger partial charge in [0.25, 0.3) is 0 Å². The normalized spacial score (nSPS) is 15.5. The van der Waals surface area contributed by atoms with Crippen molar-refractivity contribution in [2.24, 2.45) is 0 Å². The first-order valence-corrected chi connectivity index (χ1v) is 4.94. The SMILES string of the molecule is Oc1nc(O)c2nc(C3CC3)cc(O)c2n1. The number of nitrogens with zero attached hydrogens (tertiary/aromatic N) is 3. The fourth-order valence-electron chi connectivity index (χ4n) is 1.67. The maximum atomic E-state index is 9.73. The van der Waals surface area contributed by atoms with Crippen molar-refractivity contribution in [3.63, 3.8) is 0 Å². The van der Waals surface area contributed by atoms with E-state index in [1.165, 1.54) is 6.07 Å². The van der Waals surface area contributed by atoms with Gasteiger partial charge in [-0.25, -0.2) is 4.98 Å². The molecule has 6 nitrogen and oxygen atoms in total. The number of hydrogen-bond acceptors (Lipinski definition) is 6. The van der Waals surface area contributed by atoms with Crippen molar-refractivity contribution in [1.82, 2.24) is 15.0 Å². The Hall–Kier alpha value is -2.11. The molecule has 82 valence electrons. The van der Waals surface area contributed by atoms with Crippen molar-refractivity contribution in [2.45, 2.75) is 18.8 Å². The van der Waals surface area contributed by atoms with Gasteiger partial charge in [0.2, 0.25) is 5.88 Å². The van der Waals surface area contributed by atoms with Crippen LogP contribution in [0.5, 0.6) is 17.6 Å². The molecule has 2 aromatic heterocycles. The maximum absolute atomic E-state index is 9.73. The molecule has 3 N–H and O–H groups in total. The molecule has 0 aromatic carbocycles. The van der Waals surface area contributed by atoms with E-state index in [0.717, 1.165) is 18.5 Å². The average Bonchev–Trinajstić information content (AvgIpc) is 3.02. The van der Waals surface area contributed by atoms with Gasteiger partial charge in [-0.05, 0) is 12.8 Å². The Bertz CT molecular complexity index is 581. The third kappa shape index (κ3) is 1.30. The van der Waals surface area contributed by atoms with E-state index in [2.05, 4.69) is 15.0 Å². The van der Waals surface area contributed by atoms with E-state index in [1.807, 2.05) is 0 Å². The van der Waals surface area contributed by atoms with Crippen molar-refractivity contribution in [2.75, 3.05) is 0 Å². The van der Waals surface area contributed by atoms with Gasteiger partial charge in [-0.2, -0.15) is 9.97 Å². The van der Waals surface area contributed by atoms with E-state index in [1.54, 1.807) is 0 Å². The van der Waals surface area contributed by atoms with E-state index in [-0.39, 0.29) is 16.8 Å². The molecular weight excluding hydrogens is 210 g/mol. The summed E-state index contributed by atoms with van der Waals surface area (Å²) in [6.45, 7) is 0. The molecule has 1 fully saturated rings. The highest BCUT2D eigenvalue weighted by Gasteiger charge is 2.27. The fourth-order valence-corrected chi connectivity index (χ4v) is 1.67. The van der Waals surface area contributed by atoms with Gasteiger partial charge in [0.1, 0.15) is 11.3 Å². The van der Waals surface area contributed by atoms with Gasteiger partial charge in [0.05, 0.1) is 0 Å². The molecule has 0 atom stereocenters. The Labute approximate surface area is 90.2 Å². The van der Waals surface area contributed by atoms with E-state index < -0.39 is 11.9 Å². The number of aromatic nitrogens is 3. The summed E-state index contributed by atoms with van der Waals surface area (Å²) in [6, 6.07) is 0.938. The molecule has 0 bridgehead atoms. The van der Waals surface area contributed by atoms with Gasteiger partial charge >= 0.3 is 6.01 Å². The van der Waals surface area contributed by atoms with Crippen LogP contribution in [0.3, 0.4) is 0 Å². The Morgan fingerprint density at radius 1 is 1.00 bits per heavy atom. The standard InChI is InChI=1S/C10H9N3O3/c14-6-3-5(4-1-2-4)11-8-7(6)12-10(16)13-9(8)15/h3-4H,1-2H2,(H,11,14)(H2,12,13,15,16). The molecule has 1 aliphatic rings. The molecule has 2 heterocycles. The van der Waals surface area contributed by atoms with E-state index >= 15 is 0 Å². The molecule has 1 saturated carbocycles. The summed E-state index contributed by atoms with van der Waals surface area (Å²) in [4.78, 5) is 11.2. The summed E-state index contributed by atoms with van der Waals surface area (Å²) in [6.07, 6.45) is 2.08. The summed E-state index contributed by atoms with van der Waals surface area (Å²) in [5.41, 5.74) is 0.920. The van der Waals surface area contributed by atoms with Crippen LogP contribution < -0.4 is 0 Å². The zero-order valence-electron chi connectivity index (χ0n) is 8.25. The number of rotatable bonds is 1. The van der Waals surface area contributed by atoms with Gasteiger partial charge in [-0.15, -0.1) is 0 Å². The van der Waals surface area contributed by atoms with Gasteiger partial charge in [-0.1, -0.05) is 0 Å². The van der Waals surface area contributed by atoms with Crippen LogP contribution in [0.2, 0.25) is 0 Å². The van der Waals surface area contributed by atoms with Crippen LogP contribution in [0.4, 0.5) is 0 Å². The molecule has 0 unspecified atom stereocenters. The molecule has 1 aliphatic carbocycles. The van der Waals surface area contributed by atoms with E-state index in [0.29, 0.717) is 5.92 Å². The minimum absolute atomic E-state index is 0.0643. The highest BCUT2D eigenvalue weighted by atomic mass is 16.3. The van der Waals surface area contributed by atoms with Crippen molar-refractivity contribution in [3.8, 4) is 17.6 Å². The van der Waals surface area contributed by atoms with Crippen molar-refractivity contribution in [3.05, 3.63) is 11.8 Å². The fraction of sp³-hybridized carbons (Fsp3) is 0.300. The second kappa shape index (κ2) is 2.94. The van der Waals surface area contributed by atoms with Crippen LogP contribution in [0.15, 0.2) is 6.07 Å². The van der Waals surface area contributed by atoms with Crippen LogP contribution in [0.25, 0.3) is 11.0 Å². The molecule has 0 saturated heterocycles. The molecule has 16 heavy (non-hydrogen) atoms. The summed E-state index contributed by atoms with van der Waals surface area (Å²) in [7, 11) is 0. The van der Waals surface area contributed by atoms with Gasteiger partial charge in [0.15, 0.2) is 5.52 Å². The Balaban J connectivity index is 2.32. The summed E-state index contributed by atoms with van der Waals surface area (Å²) >= 11 is 0. The van der Waals surface area contributed by atoms with Crippen molar-refractivity contribution in [1.29, 1.82) is 0 Å². The third-order valence-electron chi connectivity index (χ3n) is 2.62. The number of aromatic hydroxyl groups is 3. The predicted molar refractivity (Wildman–Crippen MR) is 54.3 cm³/mol. The van der Waals surface area contributed by atoms with Gasteiger partial charge in [-0.3, -0.25) is 0 Å². The summed E-state index contributed by atoms with van der Waals surface area (Å²) in [5.74, 6) is -0.163. The van der Waals surface area contributed by atoms with E-state index in [9.17, 15) is 10.2 Å². The second-order valence-corrected chi connectivity index (χ2v) is 3.88. The third-order valence-corrected chi connectivity index (χ3v) is 2.62. The van der Waals surface area contributed by atoms with Gasteiger partial charge < -0.3 is 15.3 Å². The lowest BCUT2D eigenvalue weighted by atomic mass is 10.2. The monoisotopic (exact) mass is 219 g/mol.